The molecular weight excluding hydrogens is 110 g/mol. The van der Waals surface area contributed by atoms with Gasteiger partial charge in [0, 0.05) is 18.8 Å². The van der Waals surface area contributed by atoms with Crippen LogP contribution in [0.3, 0.4) is 0 Å². The zero-order chi connectivity index (χ0) is 6.53. The van der Waals surface area contributed by atoms with Crippen molar-refractivity contribution in [3.05, 3.63) is 23.9 Å². The van der Waals surface area contributed by atoms with E-state index in [9.17, 15) is 0 Å². The van der Waals surface area contributed by atoms with Crippen LogP contribution in [0.1, 0.15) is 19.8 Å². The number of allylic oxidation sites excluding steroid dienone is 3. The Kier molecular flexibility index (Phi) is 2.25. The lowest BCUT2D eigenvalue weighted by Crippen LogP contribution is -1.77. The molecule has 0 radical (unpaired) electrons. The first kappa shape index (κ1) is 6.27. The van der Waals surface area contributed by atoms with E-state index in [1.54, 1.807) is 0 Å². The van der Waals surface area contributed by atoms with E-state index < -0.39 is 0 Å². The standard InChI is InChI=1S/C8H11N/c1-8-5-3-2-4-6-9-7-8/h2-3,6-7H,4-5H2,1H3/b3-2?,8-7-,9-6?. The van der Waals surface area contributed by atoms with Crippen LogP contribution < -0.4 is 0 Å². The van der Waals surface area contributed by atoms with Crippen molar-refractivity contribution in [3.8, 4) is 0 Å². The molecule has 48 valence electrons. The number of rotatable bonds is 0. The molecule has 0 N–H and O–H groups in total. The van der Waals surface area contributed by atoms with Crippen LogP contribution in [0, 0.1) is 0 Å². The van der Waals surface area contributed by atoms with Gasteiger partial charge in [0.25, 0.3) is 0 Å². The minimum Gasteiger partial charge on any atom is -0.269 e. The van der Waals surface area contributed by atoms with E-state index in [1.165, 1.54) is 5.57 Å². The quantitative estimate of drug-likeness (QED) is 0.436. The monoisotopic (exact) mass is 121 g/mol. The Balaban J connectivity index is 2.63. The first-order valence-electron chi connectivity index (χ1n) is 3.22. The van der Waals surface area contributed by atoms with Crippen LogP contribution in [0.2, 0.25) is 0 Å². The topological polar surface area (TPSA) is 12.4 Å². The van der Waals surface area contributed by atoms with Crippen molar-refractivity contribution in [2.24, 2.45) is 4.99 Å². The van der Waals surface area contributed by atoms with Crippen LogP contribution in [0.25, 0.3) is 0 Å². The molecule has 1 heteroatoms. The summed E-state index contributed by atoms with van der Waals surface area (Å²) in [6.45, 7) is 2.09. The lowest BCUT2D eigenvalue weighted by atomic mass is 10.2. The minimum atomic E-state index is 0.976. The van der Waals surface area contributed by atoms with Gasteiger partial charge in [-0.05, 0) is 13.3 Å². The zero-order valence-corrected chi connectivity index (χ0v) is 5.67. The molecule has 9 heavy (non-hydrogen) atoms. The molecule has 0 aliphatic carbocycles. The maximum absolute atomic E-state index is 4.07. The van der Waals surface area contributed by atoms with Gasteiger partial charge in [-0.1, -0.05) is 17.7 Å². The molecule has 0 amide bonds. The molecule has 1 rings (SSSR count). The highest BCUT2D eigenvalue weighted by atomic mass is 14.7. The van der Waals surface area contributed by atoms with Crippen molar-refractivity contribution in [3.63, 3.8) is 0 Å². The van der Waals surface area contributed by atoms with Crippen molar-refractivity contribution >= 4 is 6.21 Å². The van der Waals surface area contributed by atoms with Gasteiger partial charge in [-0.3, -0.25) is 4.99 Å². The summed E-state index contributed by atoms with van der Waals surface area (Å²) in [5, 5.41) is 0. The Labute approximate surface area is 55.8 Å². The molecule has 0 saturated carbocycles. The highest BCUT2D eigenvalue weighted by Crippen LogP contribution is 2.02. The normalized spacial score (nSPS) is 24.3. The first-order valence-corrected chi connectivity index (χ1v) is 3.22. The van der Waals surface area contributed by atoms with Gasteiger partial charge in [0.1, 0.15) is 0 Å². The molecule has 1 aliphatic rings. The third kappa shape index (κ3) is 2.27. The molecule has 0 bridgehead atoms. The molecular formula is C8H11N. The summed E-state index contributed by atoms with van der Waals surface area (Å²) in [5.74, 6) is 0. The molecule has 1 heterocycles. The van der Waals surface area contributed by atoms with Crippen molar-refractivity contribution in [2.75, 3.05) is 0 Å². The van der Waals surface area contributed by atoms with Gasteiger partial charge in [0.2, 0.25) is 0 Å². The van der Waals surface area contributed by atoms with Gasteiger partial charge in [0.05, 0.1) is 0 Å². The van der Waals surface area contributed by atoms with Gasteiger partial charge in [-0.15, -0.1) is 0 Å². The molecule has 0 aromatic rings. The fourth-order valence-corrected chi connectivity index (χ4v) is 0.720. The highest BCUT2D eigenvalue weighted by Gasteiger charge is 1.84. The summed E-state index contributed by atoms with van der Waals surface area (Å²) in [5.41, 5.74) is 1.32. The number of aliphatic imine (C=N–C) groups is 1. The molecule has 0 atom stereocenters. The molecule has 0 aromatic carbocycles. The van der Waals surface area contributed by atoms with Crippen LogP contribution in [0.15, 0.2) is 28.9 Å². The summed E-state index contributed by atoms with van der Waals surface area (Å²) < 4.78 is 0. The maximum atomic E-state index is 4.07. The van der Waals surface area contributed by atoms with Gasteiger partial charge in [-0.25, -0.2) is 0 Å². The molecule has 0 unspecified atom stereocenters. The first-order chi connectivity index (χ1) is 4.39. The second kappa shape index (κ2) is 3.23. The number of hydrogen-bond acceptors (Lipinski definition) is 1. The smallest absolute Gasteiger partial charge is 0.0256 e. The van der Waals surface area contributed by atoms with E-state index in [0.717, 1.165) is 12.8 Å². The third-order valence-electron chi connectivity index (χ3n) is 1.25. The molecule has 0 spiro atoms. The number of hydrogen-bond donors (Lipinski definition) is 0. The van der Waals surface area contributed by atoms with E-state index in [-0.39, 0.29) is 0 Å². The van der Waals surface area contributed by atoms with Crippen LogP contribution >= 0.6 is 0 Å². The Bertz CT molecular complexity index is 163. The fraction of sp³-hybridized carbons (Fsp3) is 0.375. The van der Waals surface area contributed by atoms with Gasteiger partial charge >= 0.3 is 0 Å². The summed E-state index contributed by atoms with van der Waals surface area (Å²) in [6.07, 6.45) is 10.2. The molecule has 0 fully saturated rings. The predicted molar refractivity (Wildman–Crippen MR) is 40.6 cm³/mol. The van der Waals surface area contributed by atoms with E-state index >= 15 is 0 Å². The second-order valence-electron chi connectivity index (χ2n) is 2.22. The Morgan fingerprint density at radius 1 is 1.44 bits per heavy atom. The average Bonchev–Trinajstić information content (AvgIpc) is 1.79. The summed E-state index contributed by atoms with van der Waals surface area (Å²) >= 11 is 0. The Morgan fingerprint density at radius 3 is 3.22 bits per heavy atom. The van der Waals surface area contributed by atoms with Gasteiger partial charge in [-0.2, -0.15) is 0 Å². The molecule has 1 aliphatic heterocycles. The van der Waals surface area contributed by atoms with Crippen LogP contribution in [0.4, 0.5) is 0 Å². The maximum Gasteiger partial charge on any atom is 0.0256 e. The molecule has 0 saturated heterocycles. The third-order valence-corrected chi connectivity index (χ3v) is 1.25. The zero-order valence-electron chi connectivity index (χ0n) is 5.67. The predicted octanol–water partition coefficient (Wildman–Crippen LogP) is 2.31. The minimum absolute atomic E-state index is 0.976. The SMILES string of the molecule is C/C1=C/N=CCC=CC1. The van der Waals surface area contributed by atoms with E-state index in [1.807, 2.05) is 12.4 Å². The van der Waals surface area contributed by atoms with E-state index in [2.05, 4.69) is 24.1 Å². The number of nitrogens with zero attached hydrogens (tertiary/aromatic N) is 1. The molecule has 1 nitrogen and oxygen atoms in total. The van der Waals surface area contributed by atoms with Crippen molar-refractivity contribution in [2.45, 2.75) is 19.8 Å². The van der Waals surface area contributed by atoms with Crippen LogP contribution in [-0.2, 0) is 0 Å². The lowest BCUT2D eigenvalue weighted by Gasteiger charge is -1.94. The van der Waals surface area contributed by atoms with Crippen LogP contribution in [0.5, 0.6) is 0 Å². The summed E-state index contributed by atoms with van der Waals surface area (Å²) in [7, 11) is 0. The summed E-state index contributed by atoms with van der Waals surface area (Å²) in [4.78, 5) is 4.07. The fourth-order valence-electron chi connectivity index (χ4n) is 0.720. The van der Waals surface area contributed by atoms with Crippen molar-refractivity contribution < 1.29 is 0 Å². The van der Waals surface area contributed by atoms with E-state index in [4.69, 9.17) is 0 Å². The second-order valence-corrected chi connectivity index (χ2v) is 2.22. The Morgan fingerprint density at radius 2 is 2.33 bits per heavy atom. The molecule has 0 aromatic heterocycles. The Hall–Kier alpha value is -0.850. The highest BCUT2D eigenvalue weighted by molar-refractivity contribution is 5.60. The van der Waals surface area contributed by atoms with Crippen molar-refractivity contribution in [1.29, 1.82) is 0 Å². The van der Waals surface area contributed by atoms with Crippen LogP contribution in [-0.4, -0.2) is 6.21 Å². The lowest BCUT2D eigenvalue weighted by molar-refractivity contribution is 1.17. The van der Waals surface area contributed by atoms with Gasteiger partial charge in [0.15, 0.2) is 0 Å². The average molecular weight is 121 g/mol. The summed E-state index contributed by atoms with van der Waals surface area (Å²) in [6, 6.07) is 0. The van der Waals surface area contributed by atoms with Crippen molar-refractivity contribution in [1.82, 2.24) is 0 Å². The van der Waals surface area contributed by atoms with Gasteiger partial charge < -0.3 is 0 Å². The van der Waals surface area contributed by atoms with E-state index in [0.29, 0.717) is 0 Å². The largest absolute Gasteiger partial charge is 0.269 e.